The number of nitrogens with zero attached hydrogens (tertiary/aromatic N) is 1. The maximum atomic E-state index is 14.1. The molecule has 38 heavy (non-hydrogen) atoms. The number of rotatable bonds is 3. The molecule has 3 heterocycles. The topological polar surface area (TPSA) is 22.0 Å². The summed E-state index contributed by atoms with van der Waals surface area (Å²) in [7, 11) is 0. The van der Waals surface area contributed by atoms with Crippen LogP contribution in [0.2, 0.25) is 0 Å². The lowest BCUT2D eigenvalue weighted by Crippen LogP contribution is -2.28. The molecular formula is C35H23NOS. The molecule has 180 valence electrons. The monoisotopic (exact) mass is 505 g/mol. The van der Waals surface area contributed by atoms with Crippen LogP contribution in [0.4, 0.5) is 0 Å². The van der Waals surface area contributed by atoms with Crippen molar-refractivity contribution in [3.05, 3.63) is 139 Å². The molecule has 2 unspecified atom stereocenters. The summed E-state index contributed by atoms with van der Waals surface area (Å²) in [6.45, 7) is 0. The zero-order chi connectivity index (χ0) is 25.2. The average molecular weight is 506 g/mol. The molecule has 3 heteroatoms. The van der Waals surface area contributed by atoms with Crippen molar-refractivity contribution in [2.24, 2.45) is 0 Å². The number of benzene rings is 5. The third-order valence-electron chi connectivity index (χ3n) is 7.86. The third kappa shape index (κ3) is 3.19. The number of carbonyl (C=O) groups excluding carboxylic acids is 1. The normalized spacial score (nSPS) is 18.1. The van der Waals surface area contributed by atoms with Gasteiger partial charge in [0.05, 0.1) is 11.0 Å². The Morgan fingerprint density at radius 2 is 1.24 bits per heavy atom. The van der Waals surface area contributed by atoms with Crippen molar-refractivity contribution >= 4 is 45.0 Å². The Bertz CT molecular complexity index is 1900. The lowest BCUT2D eigenvalue weighted by Gasteiger charge is -2.23. The van der Waals surface area contributed by atoms with Gasteiger partial charge in [-0.1, -0.05) is 103 Å². The Hall–Kier alpha value is -4.34. The van der Waals surface area contributed by atoms with E-state index in [9.17, 15) is 4.79 Å². The minimum Gasteiger partial charge on any atom is -0.278 e. The fourth-order valence-corrected chi connectivity index (χ4v) is 7.48. The predicted octanol–water partition coefficient (Wildman–Crippen LogP) is 9.02. The van der Waals surface area contributed by atoms with Gasteiger partial charge in [0.25, 0.3) is 0 Å². The van der Waals surface area contributed by atoms with Crippen LogP contribution in [0.5, 0.6) is 0 Å². The summed E-state index contributed by atoms with van der Waals surface area (Å²) in [6, 6.07) is 42.6. The fraction of sp³-hybridized carbons (Fsp3) is 0.0571. The Balaban J connectivity index is 1.43. The smallest absolute Gasteiger partial charge is 0.249 e. The molecule has 0 spiro atoms. The summed E-state index contributed by atoms with van der Waals surface area (Å²) in [6.07, 6.45) is 2.32. The van der Waals surface area contributed by atoms with E-state index in [2.05, 4.69) is 115 Å². The van der Waals surface area contributed by atoms with Crippen molar-refractivity contribution in [1.29, 1.82) is 0 Å². The Kier molecular flexibility index (Phi) is 4.77. The van der Waals surface area contributed by atoms with Crippen LogP contribution in [0.3, 0.4) is 0 Å². The van der Waals surface area contributed by atoms with Crippen LogP contribution in [0.1, 0.15) is 21.2 Å². The molecule has 0 amide bonds. The Morgan fingerprint density at radius 3 is 1.95 bits per heavy atom. The van der Waals surface area contributed by atoms with Crippen LogP contribution >= 0.6 is 11.8 Å². The van der Waals surface area contributed by atoms with Gasteiger partial charge in [-0.15, -0.1) is 11.8 Å². The van der Waals surface area contributed by atoms with E-state index in [1.807, 2.05) is 16.7 Å². The van der Waals surface area contributed by atoms with Gasteiger partial charge >= 0.3 is 0 Å². The highest BCUT2D eigenvalue weighted by Gasteiger charge is 2.41. The molecule has 0 bridgehead atoms. The standard InChI is InChI=1S/C35H23NOS/c37-35-34-30(21-32(38-34)24-14-8-3-9-15-24)29-20-26(23-12-6-2-7-13-23)19-28-27-18-25(22-10-4-1-5-11-22)16-17-31(27)36(35)33(28)29/h1-21,32,34H. The van der Waals surface area contributed by atoms with E-state index >= 15 is 0 Å². The minimum atomic E-state index is -0.216. The molecule has 0 N–H and O–H groups in total. The second-order valence-corrected chi connectivity index (χ2v) is 11.3. The van der Waals surface area contributed by atoms with Crippen LogP contribution in [0.15, 0.2) is 127 Å². The molecule has 2 aliphatic heterocycles. The maximum Gasteiger partial charge on any atom is 0.249 e. The summed E-state index contributed by atoms with van der Waals surface area (Å²) in [5, 5.41) is 2.20. The van der Waals surface area contributed by atoms with Crippen molar-refractivity contribution in [3.63, 3.8) is 0 Å². The van der Waals surface area contributed by atoms with Gasteiger partial charge in [-0.25, -0.2) is 0 Å². The van der Waals surface area contributed by atoms with Crippen LogP contribution < -0.4 is 0 Å². The number of hydrogen-bond acceptors (Lipinski definition) is 2. The minimum absolute atomic E-state index is 0.159. The van der Waals surface area contributed by atoms with Gasteiger partial charge in [0.15, 0.2) is 0 Å². The van der Waals surface area contributed by atoms with E-state index in [-0.39, 0.29) is 16.4 Å². The highest BCUT2D eigenvalue weighted by Crippen LogP contribution is 2.53. The van der Waals surface area contributed by atoms with Crippen LogP contribution in [-0.4, -0.2) is 15.7 Å². The van der Waals surface area contributed by atoms with Crippen molar-refractivity contribution in [2.45, 2.75) is 10.5 Å². The van der Waals surface area contributed by atoms with Gasteiger partial charge in [-0.05, 0) is 57.7 Å². The van der Waals surface area contributed by atoms with Crippen molar-refractivity contribution in [3.8, 4) is 22.3 Å². The summed E-state index contributed by atoms with van der Waals surface area (Å²) < 4.78 is 1.99. The molecule has 0 saturated carbocycles. The van der Waals surface area contributed by atoms with E-state index in [0.29, 0.717) is 0 Å². The highest BCUT2D eigenvalue weighted by molar-refractivity contribution is 8.01. The molecule has 0 fully saturated rings. The average Bonchev–Trinajstić information content (AvgIpc) is 3.58. The van der Waals surface area contributed by atoms with E-state index < -0.39 is 0 Å². The van der Waals surface area contributed by atoms with Crippen molar-refractivity contribution in [1.82, 2.24) is 4.57 Å². The largest absolute Gasteiger partial charge is 0.278 e. The van der Waals surface area contributed by atoms with Crippen LogP contribution in [-0.2, 0) is 0 Å². The van der Waals surface area contributed by atoms with Gasteiger partial charge in [-0.2, -0.15) is 0 Å². The molecule has 6 aromatic rings. The van der Waals surface area contributed by atoms with Crippen LogP contribution in [0, 0.1) is 0 Å². The zero-order valence-electron chi connectivity index (χ0n) is 20.5. The van der Waals surface area contributed by atoms with E-state index in [1.165, 1.54) is 27.8 Å². The third-order valence-corrected chi connectivity index (χ3v) is 9.28. The molecule has 1 aromatic heterocycles. The molecular weight excluding hydrogens is 482 g/mol. The first-order chi connectivity index (χ1) is 18.8. The first kappa shape index (κ1) is 21.7. The van der Waals surface area contributed by atoms with E-state index in [0.717, 1.165) is 32.9 Å². The van der Waals surface area contributed by atoms with Gasteiger partial charge in [-0.3, -0.25) is 9.36 Å². The molecule has 2 atom stereocenters. The molecule has 0 saturated heterocycles. The molecule has 0 aliphatic carbocycles. The number of aromatic nitrogens is 1. The van der Waals surface area contributed by atoms with Crippen molar-refractivity contribution in [2.75, 3.05) is 0 Å². The first-order valence-electron chi connectivity index (χ1n) is 13.0. The summed E-state index contributed by atoms with van der Waals surface area (Å²) in [4.78, 5) is 14.1. The van der Waals surface area contributed by atoms with Crippen molar-refractivity contribution < 1.29 is 4.79 Å². The van der Waals surface area contributed by atoms with E-state index in [4.69, 9.17) is 0 Å². The van der Waals surface area contributed by atoms with Gasteiger partial charge in [0, 0.05) is 21.6 Å². The highest BCUT2D eigenvalue weighted by atomic mass is 32.2. The predicted molar refractivity (Wildman–Crippen MR) is 159 cm³/mol. The summed E-state index contributed by atoms with van der Waals surface area (Å²) in [5.74, 6) is 0.159. The zero-order valence-corrected chi connectivity index (χ0v) is 21.4. The number of thioether (sulfide) groups is 1. The number of carbonyl (C=O) groups is 1. The second-order valence-electron chi connectivity index (χ2n) is 10.0. The molecule has 5 aromatic carbocycles. The fourth-order valence-electron chi connectivity index (χ4n) is 6.07. The molecule has 2 nitrogen and oxygen atoms in total. The van der Waals surface area contributed by atoms with Crippen LogP contribution in [0.25, 0.3) is 49.6 Å². The lowest BCUT2D eigenvalue weighted by molar-refractivity contribution is 0.0933. The second kappa shape index (κ2) is 8.34. The first-order valence-corrected chi connectivity index (χ1v) is 13.9. The molecule has 2 aliphatic rings. The molecule has 0 radical (unpaired) electrons. The summed E-state index contributed by atoms with van der Waals surface area (Å²) in [5.41, 5.74) is 10.3. The SMILES string of the molecule is O=C1C2SC(c3ccccc3)C=C2c2cc(-c3ccccc3)cc3c4cc(-c5ccccc5)ccc4n1c23. The Labute approximate surface area is 225 Å². The van der Waals surface area contributed by atoms with Gasteiger partial charge in [0.2, 0.25) is 5.91 Å². The van der Waals surface area contributed by atoms with E-state index in [1.54, 1.807) is 11.8 Å². The molecule has 8 rings (SSSR count). The van der Waals surface area contributed by atoms with Gasteiger partial charge < -0.3 is 0 Å². The number of hydrogen-bond donors (Lipinski definition) is 0. The van der Waals surface area contributed by atoms with Gasteiger partial charge in [0.1, 0.15) is 5.25 Å². The number of fused-ring (bicyclic) bond motifs is 5. The quantitative estimate of drug-likeness (QED) is 0.239. The Morgan fingerprint density at radius 1 is 0.605 bits per heavy atom. The maximum absolute atomic E-state index is 14.1. The lowest BCUT2D eigenvalue weighted by atomic mass is 9.91. The summed E-state index contributed by atoms with van der Waals surface area (Å²) >= 11 is 1.75.